The van der Waals surface area contributed by atoms with Crippen LogP contribution in [0, 0.1) is 0 Å². The first-order valence-electron chi connectivity index (χ1n) is 17.6. The van der Waals surface area contributed by atoms with E-state index in [1.807, 2.05) is 0 Å². The Hall–Kier alpha value is -6.42. The number of benzene rings is 8. The van der Waals surface area contributed by atoms with Crippen LogP contribution in [0.3, 0.4) is 0 Å². The number of hydrogen-bond donors (Lipinski definition) is 0. The Bertz CT molecular complexity index is 2700. The lowest BCUT2D eigenvalue weighted by molar-refractivity contribution is 1.17. The topological polar surface area (TPSA) is 9.86 Å². The van der Waals surface area contributed by atoms with Gasteiger partial charge in [-0.25, -0.2) is 0 Å². The molecule has 0 fully saturated rings. The summed E-state index contributed by atoms with van der Waals surface area (Å²) in [5, 5.41) is 10.5. The molecule has 0 saturated carbocycles. The van der Waals surface area contributed by atoms with Gasteiger partial charge in [0, 0.05) is 32.9 Å². The molecule has 2 aromatic heterocycles. The van der Waals surface area contributed by atoms with Crippen LogP contribution in [0.2, 0.25) is 0 Å². The van der Waals surface area contributed by atoms with Gasteiger partial charge in [0.25, 0.3) is 0 Å². The van der Waals surface area contributed by atoms with Crippen LogP contribution >= 0.6 is 0 Å². The van der Waals surface area contributed by atoms with Crippen molar-refractivity contribution in [2.75, 3.05) is 0 Å². The molecule has 52 heavy (non-hydrogen) atoms. The summed E-state index contributed by atoms with van der Waals surface area (Å²) in [5.41, 5.74) is 7.18. The van der Waals surface area contributed by atoms with Gasteiger partial charge in [0.1, 0.15) is 0 Å². The van der Waals surface area contributed by atoms with Crippen molar-refractivity contribution in [1.82, 2.24) is 9.13 Å². The predicted molar refractivity (Wildman–Crippen MR) is 225 cm³/mol. The van der Waals surface area contributed by atoms with Gasteiger partial charge in [-0.1, -0.05) is 165 Å². The molecular weight excluding hydrogens is 645 g/mol. The number of rotatable bonds is 6. The Morgan fingerprint density at radius 3 is 1.12 bits per heavy atom. The second-order valence-corrected chi connectivity index (χ2v) is 17.1. The first kappa shape index (κ1) is 31.6. The molecule has 0 aliphatic carbocycles. The van der Waals surface area contributed by atoms with Crippen LogP contribution in [0.4, 0.5) is 0 Å². The number of fused-ring (bicyclic) bond motifs is 6. The fourth-order valence-electron chi connectivity index (χ4n) is 8.52. The Morgan fingerprint density at radius 2 is 0.635 bits per heavy atom. The highest BCUT2D eigenvalue weighted by Crippen LogP contribution is 2.36. The van der Waals surface area contributed by atoms with Gasteiger partial charge in [-0.3, -0.25) is 0 Å². The van der Waals surface area contributed by atoms with E-state index < -0.39 is 8.07 Å². The van der Waals surface area contributed by atoms with Crippen molar-refractivity contribution in [2.24, 2.45) is 0 Å². The van der Waals surface area contributed by atoms with Gasteiger partial charge in [0.15, 0.2) is 8.07 Å². The van der Waals surface area contributed by atoms with Crippen molar-refractivity contribution in [3.05, 3.63) is 206 Å². The highest BCUT2D eigenvalue weighted by molar-refractivity contribution is 7.19. The zero-order valence-electron chi connectivity index (χ0n) is 28.0. The van der Waals surface area contributed by atoms with Crippen molar-refractivity contribution in [2.45, 2.75) is 7.43 Å². The van der Waals surface area contributed by atoms with Crippen molar-refractivity contribution in [1.29, 1.82) is 0 Å². The van der Waals surface area contributed by atoms with Gasteiger partial charge < -0.3 is 9.13 Å². The van der Waals surface area contributed by atoms with E-state index in [1.165, 1.54) is 75.7 Å². The third-order valence-electron chi connectivity index (χ3n) is 10.7. The summed E-state index contributed by atoms with van der Waals surface area (Å²) in [6.07, 6.45) is 0. The highest BCUT2D eigenvalue weighted by Gasteiger charge is 2.41. The molecule has 0 amide bonds. The van der Waals surface area contributed by atoms with E-state index in [0.717, 1.165) is 0 Å². The quantitative estimate of drug-likeness (QED) is 0.122. The molecule has 10 rings (SSSR count). The average molecular weight is 683 g/mol. The van der Waals surface area contributed by atoms with Crippen LogP contribution in [-0.2, 0) is 0 Å². The van der Waals surface area contributed by atoms with Crippen LogP contribution < -0.4 is 20.7 Å². The molecule has 0 unspecified atom stereocenters. The molecule has 3 heteroatoms. The van der Waals surface area contributed by atoms with E-state index in [2.05, 4.69) is 215 Å². The molecule has 0 saturated heterocycles. The summed E-state index contributed by atoms with van der Waals surface area (Å²) in [4.78, 5) is 0. The van der Waals surface area contributed by atoms with Crippen molar-refractivity contribution in [3.63, 3.8) is 0 Å². The number of hydrogen-bond acceptors (Lipinski definition) is 0. The van der Waals surface area contributed by atoms with Crippen LogP contribution in [-0.4, -0.2) is 17.2 Å². The normalized spacial score (nSPS) is 11.7. The summed E-state index contributed by atoms with van der Waals surface area (Å²) in [6, 6.07) is 76.2. The van der Waals surface area contributed by atoms with Gasteiger partial charge in [-0.05, 0) is 69.3 Å². The summed E-state index contributed by atoms with van der Waals surface area (Å²) in [7, 11) is -2.69. The summed E-state index contributed by atoms with van der Waals surface area (Å²) < 4.78 is 4.88. The predicted octanol–water partition coefficient (Wildman–Crippen LogP) is 9.89. The Morgan fingerprint density at radius 1 is 0.269 bits per heavy atom. The van der Waals surface area contributed by atoms with Gasteiger partial charge in [0.2, 0.25) is 0 Å². The maximum absolute atomic E-state index is 2.69. The molecule has 10 aromatic rings. The second kappa shape index (κ2) is 12.7. The first-order valence-corrected chi connectivity index (χ1v) is 19.6. The van der Waals surface area contributed by atoms with Gasteiger partial charge in [0.05, 0.1) is 22.1 Å². The molecule has 0 aliphatic heterocycles. The minimum atomic E-state index is -2.69. The van der Waals surface area contributed by atoms with Crippen molar-refractivity contribution < 1.29 is 0 Å². The lowest BCUT2D eigenvalue weighted by Crippen LogP contribution is -2.74. The highest BCUT2D eigenvalue weighted by atomic mass is 28.3. The molecule has 0 spiro atoms. The number of aromatic nitrogens is 2. The van der Waals surface area contributed by atoms with E-state index in [1.54, 1.807) is 0 Å². The van der Waals surface area contributed by atoms with Crippen molar-refractivity contribution in [3.8, 4) is 11.4 Å². The molecule has 0 atom stereocenters. The van der Waals surface area contributed by atoms with Crippen LogP contribution in [0.15, 0.2) is 206 Å². The Kier molecular flexibility index (Phi) is 7.72. The monoisotopic (exact) mass is 682 g/mol. The maximum Gasteiger partial charge on any atom is 0.179 e. The average Bonchev–Trinajstić information content (AvgIpc) is 3.72. The van der Waals surface area contributed by atoms with Gasteiger partial charge in [-0.15, -0.1) is 0 Å². The first-order chi connectivity index (χ1) is 25.3. The fraction of sp³-hybridized carbons (Fsp3) is 0.0204. The Labute approximate surface area is 305 Å². The zero-order valence-corrected chi connectivity index (χ0v) is 29.0. The lowest BCUT2D eigenvalue weighted by Gasteiger charge is -2.34. The molecular formula is C49H38N2Si. The lowest BCUT2D eigenvalue weighted by atomic mass is 10.1. The summed E-state index contributed by atoms with van der Waals surface area (Å²) in [6.45, 7) is 0. The van der Waals surface area contributed by atoms with E-state index in [4.69, 9.17) is 0 Å². The standard InChI is InChI=1S/C48H34N2Si.CH4/c1-4-18-37(19-5-1)51(38-20-6-2-7-21-38,39-22-8-3-9-23-39)40-24-16-17-35(33-40)49-47-30-15-12-27-43(47)44-34-36(31-32-48(44)49)50-45-28-13-10-25-41(45)42-26-11-14-29-46(42)50;/h1-34H;1H4. The third kappa shape index (κ3) is 4.70. The van der Waals surface area contributed by atoms with E-state index in [9.17, 15) is 0 Å². The molecule has 248 valence electrons. The van der Waals surface area contributed by atoms with Crippen LogP contribution in [0.1, 0.15) is 7.43 Å². The van der Waals surface area contributed by atoms with Gasteiger partial charge >= 0.3 is 0 Å². The molecule has 0 N–H and O–H groups in total. The Balaban J connectivity index is 0.00000360. The minimum absolute atomic E-state index is 0. The number of para-hydroxylation sites is 3. The smallest absolute Gasteiger partial charge is 0.179 e. The molecule has 8 aromatic carbocycles. The molecule has 0 radical (unpaired) electrons. The molecule has 2 nitrogen and oxygen atoms in total. The second-order valence-electron chi connectivity index (χ2n) is 13.3. The van der Waals surface area contributed by atoms with E-state index in [0.29, 0.717) is 0 Å². The fourth-order valence-corrected chi connectivity index (χ4v) is 13.3. The van der Waals surface area contributed by atoms with E-state index in [-0.39, 0.29) is 7.43 Å². The van der Waals surface area contributed by atoms with Crippen LogP contribution in [0.25, 0.3) is 55.0 Å². The van der Waals surface area contributed by atoms with Crippen LogP contribution in [0.5, 0.6) is 0 Å². The molecule has 2 heterocycles. The number of nitrogens with zero attached hydrogens (tertiary/aromatic N) is 2. The van der Waals surface area contributed by atoms with E-state index >= 15 is 0 Å². The zero-order chi connectivity index (χ0) is 33.8. The molecule has 0 aliphatic rings. The summed E-state index contributed by atoms with van der Waals surface area (Å²) >= 11 is 0. The van der Waals surface area contributed by atoms with Gasteiger partial charge in [-0.2, -0.15) is 0 Å². The summed E-state index contributed by atoms with van der Waals surface area (Å²) in [5.74, 6) is 0. The maximum atomic E-state index is 2.46. The third-order valence-corrected chi connectivity index (χ3v) is 15.4. The molecule has 0 bridgehead atoms. The van der Waals surface area contributed by atoms with Crippen molar-refractivity contribution >= 4 is 72.4 Å². The minimum Gasteiger partial charge on any atom is -0.309 e. The SMILES string of the molecule is C.c1ccc([Si](c2ccccc2)(c2ccccc2)c2cccc(-n3c4ccccc4c4cc(-n5c6ccccc6c6ccccc65)ccc43)c2)cc1. The largest absolute Gasteiger partial charge is 0.309 e.